The van der Waals surface area contributed by atoms with Crippen LogP contribution in [0.1, 0.15) is 31.5 Å². The van der Waals surface area contributed by atoms with Gasteiger partial charge in [0.05, 0.1) is 18.6 Å². The van der Waals surface area contributed by atoms with Crippen LogP contribution in [0.3, 0.4) is 0 Å². The summed E-state index contributed by atoms with van der Waals surface area (Å²) in [5, 5.41) is 10.9. The molecule has 1 aliphatic rings. The van der Waals surface area contributed by atoms with Gasteiger partial charge in [-0.3, -0.25) is 14.5 Å². The van der Waals surface area contributed by atoms with Crippen molar-refractivity contribution >= 4 is 27.5 Å². The van der Waals surface area contributed by atoms with Gasteiger partial charge in [-0.25, -0.2) is 4.98 Å². The van der Waals surface area contributed by atoms with Gasteiger partial charge < -0.3 is 10.1 Å². The summed E-state index contributed by atoms with van der Waals surface area (Å²) in [5.74, 6) is -0.306. The minimum atomic E-state index is -0.846. The Balaban J connectivity index is 1.85. The molecular weight excluding hydrogens is 290 g/mol. The second-order valence-corrected chi connectivity index (χ2v) is 6.30. The zero-order valence-corrected chi connectivity index (χ0v) is 12.4. The van der Waals surface area contributed by atoms with Crippen LogP contribution >= 0.6 is 11.3 Å². The normalized spacial score (nSPS) is 16.0. The highest BCUT2D eigenvalue weighted by Crippen LogP contribution is 2.24. The minimum Gasteiger partial charge on any atom is -0.480 e. The molecule has 2 N–H and O–H groups in total. The van der Waals surface area contributed by atoms with Crippen molar-refractivity contribution in [2.45, 2.75) is 38.3 Å². The first kappa shape index (κ1) is 14.2. The summed E-state index contributed by atoms with van der Waals surface area (Å²) >= 11 is 1.36. The fraction of sp³-hybridized carbons (Fsp3) is 0.500. The van der Waals surface area contributed by atoms with E-state index in [1.807, 2.05) is 16.3 Å². The van der Waals surface area contributed by atoms with Crippen LogP contribution in [-0.4, -0.2) is 38.5 Å². The molecule has 0 atom stereocenters. The number of hydrogen-bond acceptors (Lipinski definition) is 5. The highest BCUT2D eigenvalue weighted by Gasteiger charge is 2.25. The lowest BCUT2D eigenvalue weighted by Gasteiger charge is -2.26. The van der Waals surface area contributed by atoms with Gasteiger partial charge in [0.1, 0.15) is 10.5 Å². The van der Waals surface area contributed by atoms with Crippen molar-refractivity contribution in [1.82, 2.24) is 14.9 Å². The summed E-state index contributed by atoms with van der Waals surface area (Å²) < 4.78 is 0.615. The van der Waals surface area contributed by atoms with E-state index in [-0.39, 0.29) is 18.1 Å². The quantitative estimate of drug-likeness (QED) is 0.880. The van der Waals surface area contributed by atoms with E-state index >= 15 is 0 Å². The lowest BCUT2D eigenvalue weighted by atomic mass is 10.2. The van der Waals surface area contributed by atoms with Crippen molar-refractivity contribution in [3.05, 3.63) is 27.6 Å². The van der Waals surface area contributed by atoms with E-state index in [9.17, 15) is 9.59 Å². The molecule has 1 fully saturated rings. The number of rotatable bonds is 5. The summed E-state index contributed by atoms with van der Waals surface area (Å²) in [6.45, 7) is 0.355. The summed E-state index contributed by atoms with van der Waals surface area (Å²) in [5.41, 5.74) is 0.534. The van der Waals surface area contributed by atoms with E-state index in [2.05, 4.69) is 9.97 Å². The third-order valence-corrected chi connectivity index (χ3v) is 4.80. The molecule has 6 nitrogen and oxygen atoms in total. The number of aromatic amines is 1. The summed E-state index contributed by atoms with van der Waals surface area (Å²) in [7, 11) is 0. The van der Waals surface area contributed by atoms with Gasteiger partial charge in [-0.05, 0) is 24.3 Å². The molecule has 7 heteroatoms. The Morgan fingerprint density at radius 1 is 1.48 bits per heavy atom. The largest absolute Gasteiger partial charge is 0.480 e. The molecule has 0 amide bonds. The lowest BCUT2D eigenvalue weighted by molar-refractivity contribution is -0.139. The molecule has 0 unspecified atom stereocenters. The first-order valence-corrected chi connectivity index (χ1v) is 7.93. The van der Waals surface area contributed by atoms with Gasteiger partial charge >= 0.3 is 5.97 Å². The SMILES string of the molecule is O=C(O)CN(Cc1nc2ccsc2c(=O)[nH]1)C1CCCC1. The van der Waals surface area contributed by atoms with Gasteiger partial charge in [0.25, 0.3) is 5.56 Å². The Hall–Kier alpha value is -1.73. The van der Waals surface area contributed by atoms with Gasteiger partial charge in [0.2, 0.25) is 0 Å². The number of nitrogens with one attached hydrogen (secondary N) is 1. The van der Waals surface area contributed by atoms with Crippen LogP contribution in [0.2, 0.25) is 0 Å². The van der Waals surface area contributed by atoms with Crippen molar-refractivity contribution < 1.29 is 9.90 Å². The fourth-order valence-electron chi connectivity index (χ4n) is 2.95. The van der Waals surface area contributed by atoms with Crippen LogP contribution in [0, 0.1) is 0 Å². The fourth-order valence-corrected chi connectivity index (χ4v) is 3.67. The van der Waals surface area contributed by atoms with Gasteiger partial charge in [-0.1, -0.05) is 12.8 Å². The molecular formula is C14H17N3O3S. The zero-order chi connectivity index (χ0) is 14.8. The first-order valence-electron chi connectivity index (χ1n) is 7.06. The van der Waals surface area contributed by atoms with Crippen LogP contribution in [0.4, 0.5) is 0 Å². The van der Waals surface area contributed by atoms with Gasteiger partial charge in [0.15, 0.2) is 0 Å². The number of hydrogen-bond donors (Lipinski definition) is 2. The van der Waals surface area contributed by atoms with E-state index in [4.69, 9.17) is 5.11 Å². The highest BCUT2D eigenvalue weighted by molar-refractivity contribution is 7.17. The molecule has 2 aromatic rings. The number of carboxylic acids is 1. The summed E-state index contributed by atoms with van der Waals surface area (Å²) in [6.07, 6.45) is 4.29. The van der Waals surface area contributed by atoms with E-state index in [1.54, 1.807) is 0 Å². The number of aromatic nitrogens is 2. The number of carbonyl (C=O) groups is 1. The molecule has 0 radical (unpaired) electrons. The molecule has 0 spiro atoms. The molecule has 112 valence electrons. The average Bonchev–Trinajstić information content (AvgIpc) is 3.08. The van der Waals surface area contributed by atoms with Crippen molar-refractivity contribution in [2.75, 3.05) is 6.54 Å². The Bertz CT molecular complexity index is 703. The van der Waals surface area contributed by atoms with E-state index in [1.165, 1.54) is 11.3 Å². The molecule has 0 bridgehead atoms. The molecule has 0 saturated heterocycles. The number of fused-ring (bicyclic) bond motifs is 1. The van der Waals surface area contributed by atoms with Crippen LogP contribution in [0.5, 0.6) is 0 Å². The Morgan fingerprint density at radius 2 is 2.24 bits per heavy atom. The third-order valence-electron chi connectivity index (χ3n) is 3.90. The molecule has 0 aliphatic heterocycles. The van der Waals surface area contributed by atoms with Gasteiger partial charge in [0, 0.05) is 6.04 Å². The standard InChI is InChI=1S/C14H17N3O3S/c18-12(19)8-17(9-3-1-2-4-9)7-11-15-10-5-6-21-13(10)14(20)16-11/h5-6,9H,1-4,7-8H2,(H,18,19)(H,15,16,20). The first-order chi connectivity index (χ1) is 10.1. The number of carboxylic acid groups (broad SMARTS) is 1. The second kappa shape index (κ2) is 5.95. The highest BCUT2D eigenvalue weighted by atomic mass is 32.1. The van der Waals surface area contributed by atoms with Crippen molar-refractivity contribution in [3.63, 3.8) is 0 Å². The maximum Gasteiger partial charge on any atom is 0.317 e. The van der Waals surface area contributed by atoms with E-state index in [0.29, 0.717) is 22.6 Å². The van der Waals surface area contributed by atoms with Crippen LogP contribution in [0.25, 0.3) is 10.2 Å². The Labute approximate surface area is 125 Å². The molecule has 1 aliphatic carbocycles. The number of thiophene rings is 1. The van der Waals surface area contributed by atoms with Crippen LogP contribution in [-0.2, 0) is 11.3 Å². The molecule has 2 heterocycles. The second-order valence-electron chi connectivity index (χ2n) is 5.38. The van der Waals surface area contributed by atoms with Crippen LogP contribution < -0.4 is 5.56 Å². The van der Waals surface area contributed by atoms with Crippen molar-refractivity contribution in [3.8, 4) is 0 Å². The van der Waals surface area contributed by atoms with Gasteiger partial charge in [-0.15, -0.1) is 11.3 Å². The maximum absolute atomic E-state index is 12.0. The van der Waals surface area contributed by atoms with E-state index < -0.39 is 5.97 Å². The lowest BCUT2D eigenvalue weighted by Crippen LogP contribution is -2.37. The minimum absolute atomic E-state index is 0.0178. The molecule has 1 saturated carbocycles. The molecule has 21 heavy (non-hydrogen) atoms. The Morgan fingerprint density at radius 3 is 2.95 bits per heavy atom. The van der Waals surface area contributed by atoms with Crippen molar-refractivity contribution in [1.29, 1.82) is 0 Å². The van der Waals surface area contributed by atoms with E-state index in [0.717, 1.165) is 25.7 Å². The number of H-pyrrole nitrogens is 1. The average molecular weight is 307 g/mol. The summed E-state index contributed by atoms with van der Waals surface area (Å²) in [4.78, 5) is 32.1. The van der Waals surface area contributed by atoms with Gasteiger partial charge in [-0.2, -0.15) is 0 Å². The third kappa shape index (κ3) is 3.14. The zero-order valence-electron chi connectivity index (χ0n) is 11.5. The predicted octanol–water partition coefficient (Wildman–Crippen LogP) is 1.81. The Kier molecular flexibility index (Phi) is 4.03. The van der Waals surface area contributed by atoms with Crippen molar-refractivity contribution in [2.24, 2.45) is 0 Å². The molecule has 3 rings (SSSR count). The topological polar surface area (TPSA) is 86.3 Å². The summed E-state index contributed by atoms with van der Waals surface area (Å²) in [6, 6.07) is 2.08. The van der Waals surface area contributed by atoms with Crippen LogP contribution in [0.15, 0.2) is 16.2 Å². The smallest absolute Gasteiger partial charge is 0.317 e. The monoisotopic (exact) mass is 307 g/mol. The molecule has 0 aromatic carbocycles. The maximum atomic E-state index is 12.0. The number of aliphatic carboxylic acids is 1. The molecule has 2 aromatic heterocycles. The predicted molar refractivity (Wildman–Crippen MR) is 80.5 cm³/mol. The number of nitrogens with zero attached hydrogens (tertiary/aromatic N) is 2.